The number of hydrogen-bond acceptors (Lipinski definition) is 0. The molecule has 0 saturated heterocycles. The second kappa shape index (κ2) is 8.77. The van der Waals surface area contributed by atoms with Gasteiger partial charge in [-0.15, -0.1) is 0 Å². The average Bonchev–Trinajstić information content (AvgIpc) is 3.02. The Bertz CT molecular complexity index is 887. The minimum absolute atomic E-state index is 0.444. The second-order valence-electron chi connectivity index (χ2n) is 8.08. The zero-order valence-corrected chi connectivity index (χ0v) is 23.4. The first kappa shape index (κ1) is 21.7. The van der Waals surface area contributed by atoms with E-state index in [0.717, 1.165) is 19.3 Å². The average molecular weight is 583 g/mol. The molecule has 0 aromatic heterocycles. The summed E-state index contributed by atoms with van der Waals surface area (Å²) >= 11 is -2.76. The molecule has 0 N–H and O–H groups in total. The Balaban J connectivity index is 2.29. The van der Waals surface area contributed by atoms with Crippen LogP contribution >= 0.6 is 17.2 Å². The topological polar surface area (TPSA) is 0 Å². The molecule has 1 unspecified atom stereocenters. The van der Waals surface area contributed by atoms with Gasteiger partial charge in [-0.2, -0.15) is 0 Å². The molecule has 0 bridgehead atoms. The number of allylic oxidation sites excluding steroid dienone is 12. The molecule has 0 aliphatic heterocycles. The fraction of sp³-hybridized carbons (Fsp3) is 0.435. The summed E-state index contributed by atoms with van der Waals surface area (Å²) < 4.78 is 1.36. The monoisotopic (exact) mass is 583 g/mol. The molecule has 3 aliphatic carbocycles. The summed E-state index contributed by atoms with van der Waals surface area (Å²) in [6, 6.07) is 0. The van der Waals surface area contributed by atoms with Crippen molar-refractivity contribution < 1.29 is 19.1 Å². The molecule has 0 aromatic rings. The molecule has 0 heterocycles. The predicted octanol–water partition coefficient (Wildman–Crippen LogP) is 7.58. The summed E-state index contributed by atoms with van der Waals surface area (Å²) in [5.74, 6) is 0.444. The third-order valence-electron chi connectivity index (χ3n) is 5.98. The number of halogens is 2. The molecular formula is C23H29Cl2HfSi. The van der Waals surface area contributed by atoms with Crippen molar-refractivity contribution in [3.8, 4) is 0 Å². The zero-order valence-electron chi connectivity index (χ0n) is 17.3. The van der Waals surface area contributed by atoms with E-state index in [1.54, 1.807) is 5.17 Å². The minimum atomic E-state index is -2.76. The maximum absolute atomic E-state index is 6.76. The summed E-state index contributed by atoms with van der Waals surface area (Å²) in [6.45, 7) is 14.0. The molecule has 0 amide bonds. The predicted molar refractivity (Wildman–Crippen MR) is 121 cm³/mol. The van der Waals surface area contributed by atoms with E-state index in [-0.39, 0.29) is 0 Å². The first-order chi connectivity index (χ1) is 12.8. The number of rotatable bonds is 4. The van der Waals surface area contributed by atoms with Crippen LogP contribution in [0.25, 0.3) is 0 Å². The Morgan fingerprint density at radius 1 is 1.22 bits per heavy atom. The van der Waals surface area contributed by atoms with Crippen LogP contribution in [0.15, 0.2) is 66.6 Å². The number of fused-ring (bicyclic) bond motifs is 1. The SMILES string of the molecule is CCCC1=[C]([Hf]([Cl])[Cl])C2=CC=CC(=[Si](C)C)C(C)C2=C1C1=CC(C)=C(C)C1. The van der Waals surface area contributed by atoms with Crippen LogP contribution in [0.1, 0.15) is 47.0 Å². The molecule has 27 heavy (non-hydrogen) atoms. The Hall–Kier alpha value is -0.0230. The maximum atomic E-state index is 6.76. The van der Waals surface area contributed by atoms with Crippen molar-refractivity contribution in [3.63, 3.8) is 0 Å². The van der Waals surface area contributed by atoms with Crippen molar-refractivity contribution in [2.75, 3.05) is 0 Å². The second-order valence-corrected chi connectivity index (χ2v) is 22.1. The van der Waals surface area contributed by atoms with E-state index < -0.39 is 27.5 Å². The standard InChI is InChI=1S/C23H29Si.2ClH.Hf/c1-7-9-18-14-19-10-8-11-21(24(5)6)17(4)22(19)23(18)20-12-15(2)16(3)13-20;;;/h8,10-12,17H,7,9,13H2,1-6H3;2*1H;/q;;;+2/p-2. The quantitative estimate of drug-likeness (QED) is 0.300. The van der Waals surface area contributed by atoms with Crippen molar-refractivity contribution in [1.29, 1.82) is 0 Å². The van der Waals surface area contributed by atoms with Gasteiger partial charge in [-0.05, 0) is 0 Å². The third kappa shape index (κ3) is 4.02. The first-order valence-corrected chi connectivity index (χ1v) is 23.1. The van der Waals surface area contributed by atoms with Crippen LogP contribution in [-0.4, -0.2) is 13.6 Å². The van der Waals surface area contributed by atoms with E-state index in [1.165, 1.54) is 42.3 Å². The fourth-order valence-corrected chi connectivity index (χ4v) is 12.8. The van der Waals surface area contributed by atoms with Crippen molar-refractivity contribution in [3.05, 3.63) is 66.6 Å². The van der Waals surface area contributed by atoms with Gasteiger partial charge < -0.3 is 0 Å². The fourth-order valence-electron chi connectivity index (χ4n) is 4.59. The van der Waals surface area contributed by atoms with Crippen molar-refractivity contribution in [1.82, 2.24) is 0 Å². The van der Waals surface area contributed by atoms with Gasteiger partial charge in [-0.1, -0.05) is 0 Å². The van der Waals surface area contributed by atoms with E-state index >= 15 is 0 Å². The van der Waals surface area contributed by atoms with Crippen molar-refractivity contribution >= 4 is 30.7 Å². The van der Waals surface area contributed by atoms with E-state index in [0.29, 0.717) is 5.92 Å². The Morgan fingerprint density at radius 3 is 2.44 bits per heavy atom. The van der Waals surface area contributed by atoms with Crippen LogP contribution < -0.4 is 0 Å². The molecule has 3 aliphatic rings. The normalized spacial score (nSPS) is 22.4. The van der Waals surface area contributed by atoms with Gasteiger partial charge in [0.2, 0.25) is 0 Å². The summed E-state index contributed by atoms with van der Waals surface area (Å²) in [6.07, 6.45) is 12.6. The summed E-state index contributed by atoms with van der Waals surface area (Å²) in [5.41, 5.74) is 10.2. The van der Waals surface area contributed by atoms with Crippen LogP contribution in [0.3, 0.4) is 0 Å². The molecule has 143 valence electrons. The molecule has 1 atom stereocenters. The number of hydrogen-bond donors (Lipinski definition) is 0. The molecular weight excluding hydrogens is 554 g/mol. The van der Waals surface area contributed by atoms with Crippen LogP contribution in [-0.2, 0) is 19.1 Å². The van der Waals surface area contributed by atoms with E-state index in [1.807, 2.05) is 0 Å². The Labute approximate surface area is 181 Å². The third-order valence-corrected chi connectivity index (χ3v) is 14.2. The molecule has 3 rings (SSSR count). The van der Waals surface area contributed by atoms with Crippen LogP contribution in [0.4, 0.5) is 0 Å². The van der Waals surface area contributed by atoms with Crippen LogP contribution in [0.5, 0.6) is 0 Å². The van der Waals surface area contributed by atoms with Crippen LogP contribution in [0.2, 0.25) is 13.1 Å². The Kier molecular flexibility index (Phi) is 7.05. The van der Waals surface area contributed by atoms with Gasteiger partial charge >= 0.3 is 182 Å². The van der Waals surface area contributed by atoms with Crippen molar-refractivity contribution in [2.45, 2.75) is 60.1 Å². The molecule has 0 fully saturated rings. The zero-order chi connectivity index (χ0) is 19.9. The molecule has 0 saturated carbocycles. The first-order valence-electron chi connectivity index (χ1n) is 9.87. The van der Waals surface area contributed by atoms with E-state index in [4.69, 9.17) is 17.2 Å². The van der Waals surface area contributed by atoms with Gasteiger partial charge in [0, 0.05) is 0 Å². The van der Waals surface area contributed by atoms with E-state index in [9.17, 15) is 0 Å². The van der Waals surface area contributed by atoms with Gasteiger partial charge in [0.15, 0.2) is 0 Å². The summed E-state index contributed by atoms with van der Waals surface area (Å²) in [4.78, 5) is 0. The van der Waals surface area contributed by atoms with Crippen molar-refractivity contribution in [2.24, 2.45) is 5.92 Å². The summed E-state index contributed by atoms with van der Waals surface area (Å²) in [5, 5.41) is 1.60. The van der Waals surface area contributed by atoms with E-state index in [2.05, 4.69) is 65.1 Å². The van der Waals surface area contributed by atoms with Gasteiger partial charge in [-0.3, -0.25) is 0 Å². The van der Waals surface area contributed by atoms with Crippen LogP contribution in [0, 0.1) is 5.92 Å². The van der Waals surface area contributed by atoms with Gasteiger partial charge in [0.05, 0.1) is 0 Å². The molecule has 0 aromatic carbocycles. The molecule has 4 heteroatoms. The molecule has 0 nitrogen and oxygen atoms in total. The molecule has 0 spiro atoms. The summed E-state index contributed by atoms with van der Waals surface area (Å²) in [7, 11) is 13.0. The van der Waals surface area contributed by atoms with Gasteiger partial charge in [0.1, 0.15) is 0 Å². The Morgan fingerprint density at radius 2 is 1.93 bits per heavy atom. The van der Waals surface area contributed by atoms with Gasteiger partial charge in [-0.25, -0.2) is 0 Å². The van der Waals surface area contributed by atoms with Gasteiger partial charge in [0.25, 0.3) is 0 Å². The molecule has 0 radical (unpaired) electrons.